The molecule has 0 aliphatic heterocycles. The van der Waals surface area contributed by atoms with Crippen molar-refractivity contribution >= 4 is 5.78 Å². The summed E-state index contributed by atoms with van der Waals surface area (Å²) in [6, 6.07) is 4.73. The molecule has 0 N–H and O–H groups in total. The molecule has 0 bridgehead atoms. The number of hydrogen-bond acceptors (Lipinski definition) is 2. The number of carbonyl (C=O) groups is 1. The van der Waals surface area contributed by atoms with Crippen LogP contribution in [0.25, 0.3) is 0 Å². The van der Waals surface area contributed by atoms with Crippen LogP contribution in [0.5, 0.6) is 0 Å². The lowest BCUT2D eigenvalue weighted by Crippen LogP contribution is -2.13. The van der Waals surface area contributed by atoms with Crippen molar-refractivity contribution < 1.29 is 13.9 Å². The Bertz CT molecular complexity index is 361. The molecule has 82 valence electrons. The first kappa shape index (κ1) is 11.9. The number of ketones is 1. The first-order chi connectivity index (χ1) is 7.06. The van der Waals surface area contributed by atoms with Crippen LogP contribution in [0.15, 0.2) is 18.2 Å². The van der Waals surface area contributed by atoms with Gasteiger partial charge in [-0.1, -0.05) is 12.1 Å². The summed E-state index contributed by atoms with van der Waals surface area (Å²) >= 11 is 0. The highest BCUT2D eigenvalue weighted by molar-refractivity contribution is 5.81. The van der Waals surface area contributed by atoms with E-state index in [9.17, 15) is 9.18 Å². The smallest absolute Gasteiger partial charge is 0.163 e. The van der Waals surface area contributed by atoms with E-state index in [0.29, 0.717) is 17.7 Å². The van der Waals surface area contributed by atoms with Crippen LogP contribution in [0.3, 0.4) is 0 Å². The maximum Gasteiger partial charge on any atom is 0.163 e. The molecule has 0 aliphatic rings. The van der Waals surface area contributed by atoms with Gasteiger partial charge in [-0.05, 0) is 38.0 Å². The van der Waals surface area contributed by atoms with Crippen molar-refractivity contribution in [2.75, 3.05) is 6.61 Å². The highest BCUT2D eigenvalue weighted by Gasteiger charge is 2.17. The maximum absolute atomic E-state index is 13.3. The Labute approximate surface area is 89.1 Å². The Kier molecular flexibility index (Phi) is 3.97. The lowest BCUT2D eigenvalue weighted by molar-refractivity contribution is -0.128. The number of carbonyl (C=O) groups excluding carboxylic acids is 1. The number of hydrogen-bond donors (Lipinski definition) is 0. The number of ether oxygens (including phenoxy) is 1. The molecule has 1 aromatic rings. The second-order valence-electron chi connectivity index (χ2n) is 3.45. The summed E-state index contributed by atoms with van der Waals surface area (Å²) in [4.78, 5) is 11.3. The highest BCUT2D eigenvalue weighted by Crippen LogP contribution is 2.20. The average Bonchev–Trinajstić information content (AvgIpc) is 2.18. The van der Waals surface area contributed by atoms with E-state index in [2.05, 4.69) is 0 Å². The molecule has 0 amide bonds. The van der Waals surface area contributed by atoms with Crippen LogP contribution < -0.4 is 0 Å². The van der Waals surface area contributed by atoms with Crippen molar-refractivity contribution in [3.05, 3.63) is 35.1 Å². The largest absolute Gasteiger partial charge is 0.366 e. The van der Waals surface area contributed by atoms with Crippen LogP contribution >= 0.6 is 0 Å². The van der Waals surface area contributed by atoms with Crippen molar-refractivity contribution in [2.45, 2.75) is 26.9 Å². The zero-order chi connectivity index (χ0) is 11.4. The number of Topliss-reactive ketones (excluding diaryl/α,β-unsaturated/α-hetero) is 1. The summed E-state index contributed by atoms with van der Waals surface area (Å²) in [5, 5.41) is 0. The van der Waals surface area contributed by atoms with Gasteiger partial charge in [0.25, 0.3) is 0 Å². The molecule has 0 aliphatic carbocycles. The molecule has 0 saturated heterocycles. The fourth-order valence-corrected chi connectivity index (χ4v) is 1.39. The molecule has 0 spiro atoms. The fraction of sp³-hybridized carbons (Fsp3) is 0.417. The van der Waals surface area contributed by atoms with E-state index in [1.807, 2.05) is 0 Å². The van der Waals surface area contributed by atoms with Crippen LogP contribution in [0.2, 0.25) is 0 Å². The molecular formula is C12H15FO2. The monoisotopic (exact) mass is 210 g/mol. The van der Waals surface area contributed by atoms with Crippen LogP contribution in [-0.2, 0) is 9.53 Å². The van der Waals surface area contributed by atoms with E-state index >= 15 is 0 Å². The predicted octanol–water partition coefficient (Wildman–Crippen LogP) is 2.80. The third-order valence-corrected chi connectivity index (χ3v) is 2.20. The predicted molar refractivity (Wildman–Crippen MR) is 56.2 cm³/mol. The average molecular weight is 210 g/mol. The summed E-state index contributed by atoms with van der Waals surface area (Å²) in [5.74, 6) is -0.418. The third-order valence-electron chi connectivity index (χ3n) is 2.20. The van der Waals surface area contributed by atoms with Gasteiger partial charge in [0, 0.05) is 6.61 Å². The summed E-state index contributed by atoms with van der Waals surface area (Å²) < 4.78 is 18.5. The summed E-state index contributed by atoms with van der Waals surface area (Å²) in [7, 11) is 0. The second kappa shape index (κ2) is 5.03. The number of aryl methyl sites for hydroxylation is 1. The Morgan fingerprint density at radius 3 is 2.67 bits per heavy atom. The molecular weight excluding hydrogens is 195 g/mol. The number of halogens is 1. The minimum atomic E-state index is -0.648. The van der Waals surface area contributed by atoms with E-state index in [0.717, 1.165) is 0 Å². The molecule has 3 heteroatoms. The quantitative estimate of drug-likeness (QED) is 0.763. The summed E-state index contributed by atoms with van der Waals surface area (Å²) in [6.45, 7) is 5.36. The normalized spacial score (nSPS) is 12.5. The van der Waals surface area contributed by atoms with Gasteiger partial charge in [0.05, 0.1) is 0 Å². The van der Waals surface area contributed by atoms with Gasteiger partial charge in [-0.25, -0.2) is 4.39 Å². The van der Waals surface area contributed by atoms with Crippen molar-refractivity contribution in [2.24, 2.45) is 0 Å². The van der Waals surface area contributed by atoms with E-state index in [1.54, 1.807) is 26.0 Å². The molecule has 0 saturated carbocycles. The van der Waals surface area contributed by atoms with E-state index < -0.39 is 6.10 Å². The molecule has 1 atom stereocenters. The van der Waals surface area contributed by atoms with Crippen LogP contribution in [0.4, 0.5) is 4.39 Å². The molecule has 1 unspecified atom stereocenters. The molecule has 0 fully saturated rings. The lowest BCUT2D eigenvalue weighted by atomic mass is 10.0. The molecule has 0 radical (unpaired) electrons. The van der Waals surface area contributed by atoms with Gasteiger partial charge in [-0.2, -0.15) is 0 Å². The van der Waals surface area contributed by atoms with Crippen LogP contribution in [0.1, 0.15) is 31.1 Å². The third kappa shape index (κ3) is 2.86. The highest BCUT2D eigenvalue weighted by atomic mass is 19.1. The fourth-order valence-electron chi connectivity index (χ4n) is 1.39. The number of benzene rings is 1. The van der Waals surface area contributed by atoms with Crippen molar-refractivity contribution in [1.82, 2.24) is 0 Å². The Morgan fingerprint density at radius 2 is 2.20 bits per heavy atom. The number of rotatable bonds is 4. The van der Waals surface area contributed by atoms with Gasteiger partial charge in [-0.15, -0.1) is 0 Å². The van der Waals surface area contributed by atoms with E-state index in [1.165, 1.54) is 13.0 Å². The topological polar surface area (TPSA) is 26.3 Å². The van der Waals surface area contributed by atoms with Crippen LogP contribution in [0, 0.1) is 12.7 Å². The van der Waals surface area contributed by atoms with Crippen molar-refractivity contribution in [3.8, 4) is 0 Å². The zero-order valence-corrected chi connectivity index (χ0v) is 9.21. The van der Waals surface area contributed by atoms with Crippen molar-refractivity contribution in [1.29, 1.82) is 0 Å². The van der Waals surface area contributed by atoms with E-state index in [4.69, 9.17) is 4.74 Å². The van der Waals surface area contributed by atoms with Gasteiger partial charge >= 0.3 is 0 Å². The second-order valence-corrected chi connectivity index (χ2v) is 3.45. The molecule has 1 aromatic carbocycles. The van der Waals surface area contributed by atoms with Gasteiger partial charge < -0.3 is 4.74 Å². The van der Waals surface area contributed by atoms with Gasteiger partial charge in [0.15, 0.2) is 5.78 Å². The lowest BCUT2D eigenvalue weighted by Gasteiger charge is -2.14. The molecule has 1 rings (SSSR count). The SMILES string of the molecule is CCOC(C(C)=O)c1ccc(C)c(F)c1. The summed E-state index contributed by atoms with van der Waals surface area (Å²) in [5.41, 5.74) is 1.14. The Balaban J connectivity index is 3.01. The summed E-state index contributed by atoms with van der Waals surface area (Å²) in [6.07, 6.45) is -0.648. The van der Waals surface area contributed by atoms with Crippen LogP contribution in [-0.4, -0.2) is 12.4 Å². The maximum atomic E-state index is 13.3. The minimum Gasteiger partial charge on any atom is -0.366 e. The van der Waals surface area contributed by atoms with Gasteiger partial charge in [-0.3, -0.25) is 4.79 Å². The van der Waals surface area contributed by atoms with Crippen molar-refractivity contribution in [3.63, 3.8) is 0 Å². The Hall–Kier alpha value is -1.22. The van der Waals surface area contributed by atoms with Gasteiger partial charge in [0.1, 0.15) is 11.9 Å². The Morgan fingerprint density at radius 1 is 1.53 bits per heavy atom. The van der Waals surface area contributed by atoms with E-state index in [-0.39, 0.29) is 11.6 Å². The van der Waals surface area contributed by atoms with Gasteiger partial charge in [0.2, 0.25) is 0 Å². The molecule has 0 aromatic heterocycles. The zero-order valence-electron chi connectivity index (χ0n) is 9.21. The molecule has 0 heterocycles. The standard InChI is InChI=1S/C12H15FO2/c1-4-15-12(9(3)14)10-6-5-8(2)11(13)7-10/h5-7,12H,4H2,1-3H3. The first-order valence-corrected chi connectivity index (χ1v) is 4.94. The molecule has 2 nitrogen and oxygen atoms in total. The first-order valence-electron chi connectivity index (χ1n) is 4.94. The molecule has 15 heavy (non-hydrogen) atoms. The minimum absolute atomic E-state index is 0.111.